The topological polar surface area (TPSA) is 374 Å². The number of carbonyl (C=O) groups excluding carboxylic acids is 3. The van der Waals surface area contributed by atoms with E-state index in [9.17, 15) is 74.9 Å². The number of allylic oxidation sites excluding steroid dienone is 4. The van der Waals surface area contributed by atoms with Crippen LogP contribution in [0, 0.1) is 0 Å². The molecule has 3 rings (SSSR count). The number of hydrogen-bond donors (Lipinski definition) is 11. The lowest BCUT2D eigenvalue weighted by molar-refractivity contribution is -0.360. The third kappa shape index (κ3) is 37.7. The minimum Gasteiger partial charge on any atom is -0.463 e. The van der Waals surface area contributed by atoms with Crippen LogP contribution in [0.3, 0.4) is 0 Å². The van der Waals surface area contributed by atoms with Crippen molar-refractivity contribution in [3.8, 4) is 0 Å². The second-order valence-corrected chi connectivity index (χ2v) is 28.8. The third-order valence-electron chi connectivity index (χ3n) is 18.7. The first kappa shape index (κ1) is 89.7. The van der Waals surface area contributed by atoms with E-state index in [1.54, 1.807) is 0 Å². The second-order valence-electron chi connectivity index (χ2n) is 27.4. The number of carbonyl (C=O) groups is 3. The average Bonchev–Trinajstić information content (AvgIpc) is 0.763. The molecule has 3 fully saturated rings. The molecule has 1 aliphatic carbocycles. The first-order chi connectivity index (χ1) is 47.3. The highest BCUT2D eigenvalue weighted by molar-refractivity contribution is 7.47. The standard InChI is InChI=1S/C73H133O24P/c1-4-7-10-13-16-19-22-25-27-30-32-35-38-41-44-47-57(75)89-51-54(92-59(77)49-46-43-40-37-34-29-24-21-18-15-12-9-6-3)52-91-98(87,88)97-71-69(95-72-67(85)62(80)60(78)55(50-74)93-72)65(83)64(82)66(84)70(71)96-73-68(86)63(81)61(79)56(94-73)53-90-58(76)48-45-42-39-36-33-31-28-26-23-20-17-14-11-8-5-2/h19-20,22-23,54-56,60-74,78-86H,4-18,21,24-53H2,1-3H3,(H,87,88)/b22-19-,23-20-. The van der Waals surface area contributed by atoms with E-state index in [0.29, 0.717) is 19.3 Å². The Morgan fingerprint density at radius 3 is 1.11 bits per heavy atom. The van der Waals surface area contributed by atoms with Crippen molar-refractivity contribution in [2.45, 2.75) is 395 Å². The van der Waals surface area contributed by atoms with Gasteiger partial charge < -0.3 is 89.1 Å². The average molecular weight is 1430 g/mol. The van der Waals surface area contributed by atoms with E-state index >= 15 is 0 Å². The zero-order valence-corrected chi connectivity index (χ0v) is 60.7. The molecule has 0 radical (unpaired) electrons. The molecule has 0 aromatic heterocycles. The number of esters is 3. The molecule has 0 aromatic carbocycles. The molecule has 2 aliphatic heterocycles. The van der Waals surface area contributed by atoms with E-state index in [-0.39, 0.29) is 19.3 Å². The number of ether oxygens (including phenoxy) is 7. The monoisotopic (exact) mass is 1420 g/mol. The summed E-state index contributed by atoms with van der Waals surface area (Å²) in [5, 5.41) is 110. The molecule has 2 heterocycles. The van der Waals surface area contributed by atoms with Crippen molar-refractivity contribution in [3.05, 3.63) is 24.3 Å². The number of hydrogen-bond acceptors (Lipinski definition) is 23. The lowest BCUT2D eigenvalue weighted by Crippen LogP contribution is -2.69. The molecule has 18 unspecified atom stereocenters. The number of phosphoric ester groups is 1. The van der Waals surface area contributed by atoms with Crippen LogP contribution >= 0.6 is 7.82 Å². The first-order valence-corrected chi connectivity index (χ1v) is 39.6. The lowest BCUT2D eigenvalue weighted by atomic mass is 9.84. The van der Waals surface area contributed by atoms with Gasteiger partial charge in [-0.3, -0.25) is 23.4 Å². The van der Waals surface area contributed by atoms with E-state index in [1.165, 1.54) is 96.3 Å². The highest BCUT2D eigenvalue weighted by Crippen LogP contribution is 2.49. The molecule has 0 amide bonds. The number of unbranched alkanes of at least 4 members (excludes halogenated alkanes) is 34. The minimum absolute atomic E-state index is 0.0236. The van der Waals surface area contributed by atoms with Gasteiger partial charge in [-0.25, -0.2) is 4.57 Å². The number of aliphatic hydroxyl groups is 10. The van der Waals surface area contributed by atoms with E-state index in [4.69, 9.17) is 42.2 Å². The zero-order chi connectivity index (χ0) is 71.8. The highest BCUT2D eigenvalue weighted by Gasteiger charge is 2.58. The van der Waals surface area contributed by atoms with E-state index in [0.717, 1.165) is 135 Å². The summed E-state index contributed by atoms with van der Waals surface area (Å²) in [7, 11) is -5.70. The maximum Gasteiger partial charge on any atom is 0.472 e. The Kier molecular flexibility index (Phi) is 50.3. The van der Waals surface area contributed by atoms with Crippen LogP contribution in [0.15, 0.2) is 24.3 Å². The maximum atomic E-state index is 14.3. The van der Waals surface area contributed by atoms with E-state index < -0.39 is 156 Å². The van der Waals surface area contributed by atoms with Crippen LogP contribution in [0.25, 0.3) is 0 Å². The van der Waals surface area contributed by atoms with Crippen molar-refractivity contribution in [3.63, 3.8) is 0 Å². The third-order valence-corrected chi connectivity index (χ3v) is 19.7. The van der Waals surface area contributed by atoms with Crippen molar-refractivity contribution in [1.82, 2.24) is 0 Å². The predicted molar refractivity (Wildman–Crippen MR) is 370 cm³/mol. The normalized spacial score (nSPS) is 27.7. The van der Waals surface area contributed by atoms with Gasteiger partial charge in [0, 0.05) is 19.3 Å². The summed E-state index contributed by atoms with van der Waals surface area (Å²) in [5.41, 5.74) is 0. The fourth-order valence-electron chi connectivity index (χ4n) is 12.5. The molecule has 24 nitrogen and oxygen atoms in total. The van der Waals surface area contributed by atoms with Gasteiger partial charge in [0.2, 0.25) is 0 Å². The molecule has 25 heteroatoms. The van der Waals surface area contributed by atoms with Crippen molar-refractivity contribution in [1.29, 1.82) is 0 Å². The highest BCUT2D eigenvalue weighted by atomic mass is 31.2. The first-order valence-electron chi connectivity index (χ1n) is 38.1. The van der Waals surface area contributed by atoms with E-state index in [2.05, 4.69) is 45.1 Å². The number of phosphoric acid groups is 1. The zero-order valence-electron chi connectivity index (χ0n) is 59.8. The van der Waals surface area contributed by atoms with Crippen LogP contribution in [0.1, 0.15) is 290 Å². The summed E-state index contributed by atoms with van der Waals surface area (Å²) in [6.45, 7) is 3.42. The second kappa shape index (κ2) is 55.0. The summed E-state index contributed by atoms with van der Waals surface area (Å²) in [4.78, 5) is 51.0. The van der Waals surface area contributed by atoms with Gasteiger partial charge >= 0.3 is 25.7 Å². The fourth-order valence-corrected chi connectivity index (χ4v) is 13.4. The largest absolute Gasteiger partial charge is 0.472 e. The maximum absolute atomic E-state index is 14.3. The van der Waals surface area contributed by atoms with Crippen LogP contribution in [0.5, 0.6) is 0 Å². The van der Waals surface area contributed by atoms with Gasteiger partial charge in [-0.1, -0.05) is 225 Å². The molecule has 0 spiro atoms. The van der Waals surface area contributed by atoms with Gasteiger partial charge in [-0.2, -0.15) is 0 Å². The molecule has 0 bridgehead atoms. The minimum atomic E-state index is -5.70. The molecular formula is C73H133O24P. The summed E-state index contributed by atoms with van der Waals surface area (Å²) < 4.78 is 65.0. The summed E-state index contributed by atoms with van der Waals surface area (Å²) in [5.74, 6) is -1.99. The number of rotatable bonds is 59. The molecule has 1 saturated carbocycles. The molecule has 2 saturated heterocycles. The van der Waals surface area contributed by atoms with Gasteiger partial charge in [0.25, 0.3) is 0 Å². The Labute approximate surface area is 585 Å². The SMILES string of the molecule is CCCCCC/C=C\CCCCCCCCCC(=O)OCC(COP(=O)(O)OC1C(OC2OC(CO)C(O)C(O)C2O)C(O)C(O)C(O)C1OC1OC(COC(=O)CCCCCCCCC/C=C\CCCCCC)C(O)C(O)C1O)OC(=O)CCCCCCCCCCCCCCC. The van der Waals surface area contributed by atoms with E-state index in [1.807, 2.05) is 0 Å². The molecule has 98 heavy (non-hydrogen) atoms. The van der Waals surface area contributed by atoms with Crippen LogP contribution in [-0.4, -0.2) is 204 Å². The van der Waals surface area contributed by atoms with Crippen LogP contribution in [0.4, 0.5) is 0 Å². The Bertz CT molecular complexity index is 2120. The van der Waals surface area contributed by atoms with Crippen molar-refractivity contribution < 1.29 is 117 Å². The smallest absolute Gasteiger partial charge is 0.463 e. The Morgan fingerprint density at radius 2 is 0.714 bits per heavy atom. The number of aliphatic hydroxyl groups excluding tert-OH is 10. The summed E-state index contributed by atoms with van der Waals surface area (Å²) in [6, 6.07) is 0. The quantitative estimate of drug-likeness (QED) is 0.00886. The van der Waals surface area contributed by atoms with Crippen LogP contribution < -0.4 is 0 Å². The molecule has 574 valence electrons. The molecule has 11 N–H and O–H groups in total. The predicted octanol–water partition coefficient (Wildman–Crippen LogP) is 10.5. The van der Waals surface area contributed by atoms with Gasteiger partial charge in [0.05, 0.1) is 13.2 Å². The molecular weight excluding hydrogens is 1290 g/mol. The molecule has 3 aliphatic rings. The van der Waals surface area contributed by atoms with Crippen molar-refractivity contribution >= 4 is 25.7 Å². The van der Waals surface area contributed by atoms with Crippen LogP contribution in [0.2, 0.25) is 0 Å². The Hall–Kier alpha value is -2.56. The van der Waals surface area contributed by atoms with Gasteiger partial charge in [-0.15, -0.1) is 0 Å². The van der Waals surface area contributed by atoms with Gasteiger partial charge in [0.1, 0.15) is 98.7 Å². The van der Waals surface area contributed by atoms with Crippen molar-refractivity contribution in [2.75, 3.05) is 26.4 Å². The fraction of sp³-hybridized carbons (Fsp3) is 0.904. The Morgan fingerprint density at radius 1 is 0.388 bits per heavy atom. The lowest BCUT2D eigenvalue weighted by Gasteiger charge is -2.49. The molecule has 0 aromatic rings. The van der Waals surface area contributed by atoms with Gasteiger partial charge in [0.15, 0.2) is 18.7 Å². The van der Waals surface area contributed by atoms with Crippen LogP contribution in [-0.2, 0) is 61.2 Å². The van der Waals surface area contributed by atoms with Gasteiger partial charge in [-0.05, 0) is 70.6 Å². The summed E-state index contributed by atoms with van der Waals surface area (Å²) >= 11 is 0. The Balaban J connectivity index is 1.73. The van der Waals surface area contributed by atoms with Crippen molar-refractivity contribution in [2.24, 2.45) is 0 Å². The molecule has 18 atom stereocenters. The summed E-state index contributed by atoms with van der Waals surface area (Å²) in [6.07, 6.45) is 15.2.